The lowest BCUT2D eigenvalue weighted by Gasteiger charge is -2.34. The van der Waals surface area contributed by atoms with Crippen LogP contribution in [-0.2, 0) is 23.9 Å². The SMILES string of the molecule is CC[C@H](C)[C@H](NC(=O)[C@@H](C(=O)OCC1c2ccccc2-c2ccccc21)C(C)(C)C)[C@@H](CC(=O)O)OC. The molecule has 0 heterocycles. The number of esters is 1. The van der Waals surface area contributed by atoms with E-state index in [1.807, 2.05) is 71.0 Å². The molecule has 2 N–H and O–H groups in total. The average Bonchev–Trinajstić information content (AvgIpc) is 3.17. The second-order valence-electron chi connectivity index (χ2n) is 10.9. The fourth-order valence-corrected chi connectivity index (χ4v) is 5.17. The van der Waals surface area contributed by atoms with Crippen molar-refractivity contribution in [2.45, 2.75) is 65.5 Å². The lowest BCUT2D eigenvalue weighted by molar-refractivity contribution is -0.158. The number of hydrogen-bond donors (Lipinski definition) is 2. The molecule has 2 aromatic rings. The molecule has 0 bridgehead atoms. The summed E-state index contributed by atoms with van der Waals surface area (Å²) in [6.07, 6.45) is -0.272. The Bertz CT molecular complexity index is 1080. The maximum absolute atomic E-state index is 13.5. The summed E-state index contributed by atoms with van der Waals surface area (Å²) in [4.78, 5) is 38.4. The first kappa shape index (κ1) is 28.4. The molecule has 0 saturated heterocycles. The highest BCUT2D eigenvalue weighted by atomic mass is 16.5. The molecule has 7 heteroatoms. The monoisotopic (exact) mass is 509 g/mol. The number of nitrogens with one attached hydrogen (secondary N) is 1. The highest BCUT2D eigenvalue weighted by molar-refractivity contribution is 5.99. The Labute approximate surface area is 219 Å². The van der Waals surface area contributed by atoms with Crippen LogP contribution in [0.1, 0.15) is 64.5 Å². The number of methoxy groups -OCH3 is 1. The second kappa shape index (κ2) is 11.9. The minimum atomic E-state index is -1.08. The average molecular weight is 510 g/mol. The van der Waals surface area contributed by atoms with Crippen LogP contribution in [0, 0.1) is 17.3 Å². The molecule has 1 amide bonds. The van der Waals surface area contributed by atoms with Crippen molar-refractivity contribution in [3.05, 3.63) is 59.7 Å². The molecule has 0 unspecified atom stereocenters. The molecule has 0 fully saturated rings. The Balaban J connectivity index is 1.80. The van der Waals surface area contributed by atoms with Gasteiger partial charge in [-0.2, -0.15) is 0 Å². The van der Waals surface area contributed by atoms with E-state index >= 15 is 0 Å². The molecule has 3 rings (SSSR count). The highest BCUT2D eigenvalue weighted by Crippen LogP contribution is 2.44. The first-order valence-corrected chi connectivity index (χ1v) is 12.9. The molecule has 37 heavy (non-hydrogen) atoms. The Morgan fingerprint density at radius 3 is 2.00 bits per heavy atom. The third-order valence-electron chi connectivity index (χ3n) is 7.36. The van der Waals surface area contributed by atoms with Gasteiger partial charge in [0, 0.05) is 13.0 Å². The van der Waals surface area contributed by atoms with Gasteiger partial charge < -0.3 is 19.9 Å². The van der Waals surface area contributed by atoms with Gasteiger partial charge in [0.15, 0.2) is 0 Å². The second-order valence-corrected chi connectivity index (χ2v) is 10.9. The molecule has 2 aromatic carbocycles. The number of carbonyl (C=O) groups excluding carboxylic acids is 2. The topological polar surface area (TPSA) is 102 Å². The number of benzene rings is 2. The number of ether oxygens (including phenoxy) is 2. The predicted octanol–water partition coefficient (Wildman–Crippen LogP) is 5.03. The number of aliphatic carboxylic acids is 1. The quantitative estimate of drug-likeness (QED) is 0.326. The number of hydrogen-bond acceptors (Lipinski definition) is 5. The fourth-order valence-electron chi connectivity index (χ4n) is 5.17. The number of carboxylic acid groups (broad SMARTS) is 1. The van der Waals surface area contributed by atoms with E-state index in [9.17, 15) is 19.5 Å². The van der Waals surface area contributed by atoms with Crippen molar-refractivity contribution in [1.29, 1.82) is 0 Å². The number of fused-ring (bicyclic) bond motifs is 3. The van der Waals surface area contributed by atoms with Crippen molar-refractivity contribution in [3.8, 4) is 11.1 Å². The zero-order valence-corrected chi connectivity index (χ0v) is 22.6. The third-order valence-corrected chi connectivity index (χ3v) is 7.36. The normalized spacial score (nSPS) is 16.2. The van der Waals surface area contributed by atoms with Gasteiger partial charge in [-0.1, -0.05) is 89.6 Å². The van der Waals surface area contributed by atoms with Crippen LogP contribution in [0.15, 0.2) is 48.5 Å². The van der Waals surface area contributed by atoms with Crippen molar-refractivity contribution in [1.82, 2.24) is 5.32 Å². The molecular formula is C30H39NO6. The van der Waals surface area contributed by atoms with Crippen molar-refractivity contribution in [2.75, 3.05) is 13.7 Å². The van der Waals surface area contributed by atoms with Crippen LogP contribution in [0.5, 0.6) is 0 Å². The summed E-state index contributed by atoms with van der Waals surface area (Å²) in [5, 5.41) is 12.3. The minimum absolute atomic E-state index is 0.0589. The van der Waals surface area contributed by atoms with E-state index in [0.29, 0.717) is 6.42 Å². The standard InChI is InChI=1S/C30H39NO6/c1-7-18(2)27(24(36-6)16-25(32)33)31-28(34)26(30(3,4)5)29(35)37-17-23-21-14-10-8-12-19(21)20-13-9-11-15-22(20)23/h8-15,18,23-24,26-27H,7,16-17H2,1-6H3,(H,31,34)(H,32,33)/t18-,24+,26-,27-/m0/s1. The number of carboxylic acids is 1. The zero-order valence-electron chi connectivity index (χ0n) is 22.6. The molecule has 1 aliphatic rings. The van der Waals surface area contributed by atoms with Gasteiger partial charge in [0.05, 0.1) is 18.6 Å². The van der Waals surface area contributed by atoms with Gasteiger partial charge in [-0.05, 0) is 33.6 Å². The molecule has 4 atom stereocenters. The summed E-state index contributed by atoms with van der Waals surface area (Å²) in [5.41, 5.74) is 3.74. The minimum Gasteiger partial charge on any atom is -0.481 e. The molecule has 7 nitrogen and oxygen atoms in total. The number of amides is 1. The van der Waals surface area contributed by atoms with Gasteiger partial charge in [0.1, 0.15) is 12.5 Å². The fraction of sp³-hybridized carbons (Fsp3) is 0.500. The lowest BCUT2D eigenvalue weighted by Crippen LogP contribution is -2.53. The summed E-state index contributed by atoms with van der Waals surface area (Å²) >= 11 is 0. The van der Waals surface area contributed by atoms with Crippen molar-refractivity contribution in [3.63, 3.8) is 0 Å². The van der Waals surface area contributed by atoms with Crippen LogP contribution < -0.4 is 5.32 Å². The Hall–Kier alpha value is -3.19. The molecular weight excluding hydrogens is 470 g/mol. The van der Waals surface area contributed by atoms with Crippen molar-refractivity contribution in [2.24, 2.45) is 17.3 Å². The smallest absolute Gasteiger partial charge is 0.319 e. The van der Waals surface area contributed by atoms with Gasteiger partial charge in [-0.15, -0.1) is 0 Å². The largest absolute Gasteiger partial charge is 0.481 e. The predicted molar refractivity (Wildman–Crippen MR) is 142 cm³/mol. The van der Waals surface area contributed by atoms with E-state index in [1.54, 1.807) is 0 Å². The summed E-state index contributed by atoms with van der Waals surface area (Å²) < 4.78 is 11.3. The van der Waals surface area contributed by atoms with Gasteiger partial charge in [-0.3, -0.25) is 14.4 Å². The molecule has 0 radical (unpaired) electrons. The van der Waals surface area contributed by atoms with Crippen LogP contribution in [0.25, 0.3) is 11.1 Å². The van der Waals surface area contributed by atoms with Crippen molar-refractivity contribution >= 4 is 17.8 Å². The van der Waals surface area contributed by atoms with Crippen molar-refractivity contribution < 1.29 is 29.0 Å². The van der Waals surface area contributed by atoms with E-state index in [0.717, 1.165) is 22.3 Å². The number of carbonyl (C=O) groups is 3. The van der Waals surface area contributed by atoms with E-state index in [2.05, 4.69) is 17.4 Å². The highest BCUT2D eigenvalue weighted by Gasteiger charge is 2.42. The Morgan fingerprint density at radius 2 is 1.54 bits per heavy atom. The zero-order chi connectivity index (χ0) is 27.3. The van der Waals surface area contributed by atoms with E-state index < -0.39 is 41.3 Å². The van der Waals surface area contributed by atoms with Gasteiger partial charge in [0.2, 0.25) is 5.91 Å². The Morgan fingerprint density at radius 1 is 1.00 bits per heavy atom. The number of rotatable bonds is 11. The summed E-state index contributed by atoms with van der Waals surface area (Å²) in [5.74, 6) is -3.34. The molecule has 200 valence electrons. The first-order valence-electron chi connectivity index (χ1n) is 12.9. The molecule has 0 saturated carbocycles. The van der Waals surface area contributed by atoms with Crippen LogP contribution in [0.4, 0.5) is 0 Å². The third kappa shape index (κ3) is 6.39. The van der Waals surface area contributed by atoms with Gasteiger partial charge in [-0.25, -0.2) is 0 Å². The van der Waals surface area contributed by atoms with Crippen LogP contribution >= 0.6 is 0 Å². The summed E-state index contributed by atoms with van der Waals surface area (Å²) in [6.45, 7) is 9.48. The lowest BCUT2D eigenvalue weighted by atomic mass is 9.79. The first-order chi connectivity index (χ1) is 17.5. The molecule has 0 spiro atoms. The summed E-state index contributed by atoms with van der Waals surface area (Å²) in [7, 11) is 1.43. The van der Waals surface area contributed by atoms with E-state index in [-0.39, 0.29) is 24.9 Å². The van der Waals surface area contributed by atoms with Gasteiger partial charge in [0.25, 0.3) is 0 Å². The molecule has 1 aliphatic carbocycles. The maximum Gasteiger partial charge on any atom is 0.319 e. The molecule has 0 aliphatic heterocycles. The van der Waals surface area contributed by atoms with Gasteiger partial charge >= 0.3 is 11.9 Å². The Kier molecular flexibility index (Phi) is 9.13. The van der Waals surface area contributed by atoms with Crippen LogP contribution in [-0.4, -0.2) is 48.8 Å². The maximum atomic E-state index is 13.5. The molecule has 0 aromatic heterocycles. The summed E-state index contributed by atoms with van der Waals surface area (Å²) in [6, 6.07) is 15.6. The van der Waals surface area contributed by atoms with E-state index in [4.69, 9.17) is 9.47 Å². The van der Waals surface area contributed by atoms with E-state index in [1.165, 1.54) is 7.11 Å². The van der Waals surface area contributed by atoms with Crippen LogP contribution in [0.3, 0.4) is 0 Å². The van der Waals surface area contributed by atoms with Crippen LogP contribution in [0.2, 0.25) is 0 Å².